The van der Waals surface area contributed by atoms with Gasteiger partial charge in [-0.15, -0.1) is 0 Å². The number of hydrogen-bond acceptors (Lipinski definition) is 3. The van der Waals surface area contributed by atoms with Gasteiger partial charge >= 0.3 is 0 Å². The fourth-order valence-electron chi connectivity index (χ4n) is 2.03. The molecule has 19 heavy (non-hydrogen) atoms. The number of halogens is 1. The van der Waals surface area contributed by atoms with Crippen LogP contribution in [0.2, 0.25) is 0 Å². The lowest BCUT2D eigenvalue weighted by atomic mass is 10.1. The summed E-state index contributed by atoms with van der Waals surface area (Å²) < 4.78 is 13.1. The van der Waals surface area contributed by atoms with E-state index < -0.39 is 0 Å². The average molecular weight is 256 g/mol. The van der Waals surface area contributed by atoms with E-state index in [0.29, 0.717) is 0 Å². The van der Waals surface area contributed by atoms with Gasteiger partial charge in [0.25, 0.3) is 0 Å². The van der Waals surface area contributed by atoms with Crippen LogP contribution in [0.4, 0.5) is 10.1 Å². The first kappa shape index (κ1) is 11.6. The SMILES string of the molecule is CC(Nc1ccc2cn[nH]c2c1)c1cncc(F)c1. The number of aromatic nitrogens is 3. The molecule has 0 aliphatic carbocycles. The number of anilines is 1. The van der Waals surface area contributed by atoms with Crippen LogP contribution in [0.3, 0.4) is 0 Å². The molecular weight excluding hydrogens is 243 g/mol. The van der Waals surface area contributed by atoms with Crippen molar-refractivity contribution < 1.29 is 4.39 Å². The molecule has 96 valence electrons. The van der Waals surface area contributed by atoms with Gasteiger partial charge < -0.3 is 5.32 Å². The lowest BCUT2D eigenvalue weighted by Gasteiger charge is -2.15. The summed E-state index contributed by atoms with van der Waals surface area (Å²) in [6.45, 7) is 1.97. The summed E-state index contributed by atoms with van der Waals surface area (Å²) in [7, 11) is 0. The number of pyridine rings is 1. The summed E-state index contributed by atoms with van der Waals surface area (Å²) in [5, 5.41) is 11.3. The summed E-state index contributed by atoms with van der Waals surface area (Å²) in [5.74, 6) is -0.324. The Morgan fingerprint density at radius 2 is 2.11 bits per heavy atom. The Morgan fingerprint density at radius 3 is 2.95 bits per heavy atom. The Balaban J connectivity index is 1.83. The number of H-pyrrole nitrogens is 1. The summed E-state index contributed by atoms with van der Waals surface area (Å²) >= 11 is 0. The van der Waals surface area contributed by atoms with E-state index in [4.69, 9.17) is 0 Å². The Morgan fingerprint density at radius 1 is 1.21 bits per heavy atom. The molecule has 3 rings (SSSR count). The van der Waals surface area contributed by atoms with E-state index in [1.807, 2.05) is 25.1 Å². The van der Waals surface area contributed by atoms with Gasteiger partial charge in [0.15, 0.2) is 0 Å². The minimum absolute atomic E-state index is 0.0245. The first-order chi connectivity index (χ1) is 9.22. The van der Waals surface area contributed by atoms with E-state index in [1.54, 1.807) is 12.4 Å². The predicted octanol–water partition coefficient (Wildman–Crippen LogP) is 3.27. The highest BCUT2D eigenvalue weighted by molar-refractivity contribution is 5.81. The van der Waals surface area contributed by atoms with Gasteiger partial charge in [-0.3, -0.25) is 10.1 Å². The maximum Gasteiger partial charge on any atom is 0.141 e. The molecule has 1 aromatic carbocycles. The monoisotopic (exact) mass is 256 g/mol. The lowest BCUT2D eigenvalue weighted by molar-refractivity contribution is 0.616. The first-order valence-corrected chi connectivity index (χ1v) is 6.02. The minimum Gasteiger partial charge on any atom is -0.378 e. The lowest BCUT2D eigenvalue weighted by Crippen LogP contribution is -2.07. The second-order valence-corrected chi connectivity index (χ2v) is 4.47. The molecule has 5 heteroatoms. The van der Waals surface area contributed by atoms with Gasteiger partial charge in [-0.05, 0) is 36.8 Å². The number of benzene rings is 1. The van der Waals surface area contributed by atoms with Gasteiger partial charge in [-0.2, -0.15) is 5.10 Å². The molecule has 0 saturated carbocycles. The Kier molecular flexibility index (Phi) is 2.87. The summed E-state index contributed by atoms with van der Waals surface area (Å²) in [4.78, 5) is 3.86. The largest absolute Gasteiger partial charge is 0.378 e. The van der Waals surface area contributed by atoms with Crippen LogP contribution in [0.5, 0.6) is 0 Å². The third-order valence-electron chi connectivity index (χ3n) is 3.05. The maximum atomic E-state index is 13.1. The number of fused-ring (bicyclic) bond motifs is 1. The van der Waals surface area contributed by atoms with Gasteiger partial charge in [0.05, 0.1) is 24.0 Å². The van der Waals surface area contributed by atoms with Crippen molar-refractivity contribution in [3.05, 3.63) is 54.2 Å². The molecule has 2 heterocycles. The third-order valence-corrected chi connectivity index (χ3v) is 3.05. The van der Waals surface area contributed by atoms with Crippen molar-refractivity contribution in [1.82, 2.24) is 15.2 Å². The van der Waals surface area contributed by atoms with E-state index >= 15 is 0 Å². The molecule has 2 N–H and O–H groups in total. The molecule has 1 unspecified atom stereocenters. The highest BCUT2D eigenvalue weighted by Gasteiger charge is 2.07. The van der Waals surface area contributed by atoms with Crippen LogP contribution in [-0.2, 0) is 0 Å². The highest BCUT2D eigenvalue weighted by atomic mass is 19.1. The minimum atomic E-state index is -0.324. The fourth-order valence-corrected chi connectivity index (χ4v) is 2.03. The molecule has 1 atom stereocenters. The number of nitrogens with zero attached hydrogens (tertiary/aromatic N) is 2. The fraction of sp³-hybridized carbons (Fsp3) is 0.143. The molecule has 0 saturated heterocycles. The standard InChI is InChI=1S/C14H13FN4/c1-9(11-4-12(15)8-16-6-11)18-13-3-2-10-7-17-19-14(10)5-13/h2-9,18H,1H3,(H,17,19). The third kappa shape index (κ3) is 2.40. The van der Waals surface area contributed by atoms with Crippen molar-refractivity contribution >= 4 is 16.6 Å². The topological polar surface area (TPSA) is 53.6 Å². The van der Waals surface area contributed by atoms with Crippen molar-refractivity contribution in [3.63, 3.8) is 0 Å². The van der Waals surface area contributed by atoms with Crippen LogP contribution < -0.4 is 5.32 Å². The number of nitrogens with one attached hydrogen (secondary N) is 2. The van der Waals surface area contributed by atoms with Crippen LogP contribution >= 0.6 is 0 Å². The molecule has 0 radical (unpaired) electrons. The van der Waals surface area contributed by atoms with Gasteiger partial charge in [0, 0.05) is 17.3 Å². The Hall–Kier alpha value is -2.43. The van der Waals surface area contributed by atoms with Crippen LogP contribution in [-0.4, -0.2) is 15.2 Å². The van der Waals surface area contributed by atoms with Crippen molar-refractivity contribution in [3.8, 4) is 0 Å². The van der Waals surface area contributed by atoms with Crippen molar-refractivity contribution in [2.45, 2.75) is 13.0 Å². The molecule has 0 aliphatic rings. The van der Waals surface area contributed by atoms with Crippen molar-refractivity contribution in [2.24, 2.45) is 0 Å². The van der Waals surface area contributed by atoms with Gasteiger partial charge in [0.2, 0.25) is 0 Å². The van der Waals surface area contributed by atoms with Gasteiger partial charge in [0.1, 0.15) is 5.82 Å². The molecule has 0 aliphatic heterocycles. The zero-order valence-electron chi connectivity index (χ0n) is 10.4. The average Bonchev–Trinajstić information content (AvgIpc) is 2.86. The smallest absolute Gasteiger partial charge is 0.141 e. The zero-order chi connectivity index (χ0) is 13.2. The summed E-state index contributed by atoms with van der Waals surface area (Å²) in [6, 6.07) is 7.40. The molecule has 3 aromatic rings. The maximum absolute atomic E-state index is 13.1. The van der Waals surface area contributed by atoms with E-state index in [0.717, 1.165) is 22.2 Å². The Labute approximate surface area is 109 Å². The molecule has 0 fully saturated rings. The second kappa shape index (κ2) is 4.68. The van der Waals surface area contributed by atoms with E-state index in [1.165, 1.54) is 12.3 Å². The van der Waals surface area contributed by atoms with Crippen LogP contribution in [0.1, 0.15) is 18.5 Å². The molecule has 4 nitrogen and oxygen atoms in total. The highest BCUT2D eigenvalue weighted by Crippen LogP contribution is 2.22. The molecule has 0 bridgehead atoms. The normalized spacial score (nSPS) is 12.5. The Bertz CT molecular complexity index is 707. The van der Waals surface area contributed by atoms with E-state index in [-0.39, 0.29) is 11.9 Å². The van der Waals surface area contributed by atoms with E-state index in [2.05, 4.69) is 20.5 Å². The summed E-state index contributed by atoms with van der Waals surface area (Å²) in [5.41, 5.74) is 2.73. The quantitative estimate of drug-likeness (QED) is 0.756. The van der Waals surface area contributed by atoms with Gasteiger partial charge in [-0.25, -0.2) is 4.39 Å². The summed E-state index contributed by atoms with van der Waals surface area (Å²) in [6.07, 6.45) is 4.64. The first-order valence-electron chi connectivity index (χ1n) is 6.02. The molecular formula is C14H13FN4. The van der Waals surface area contributed by atoms with Crippen LogP contribution in [0.25, 0.3) is 10.9 Å². The number of rotatable bonds is 3. The molecule has 0 spiro atoms. The van der Waals surface area contributed by atoms with Gasteiger partial charge in [-0.1, -0.05) is 0 Å². The van der Waals surface area contributed by atoms with Crippen LogP contribution in [0.15, 0.2) is 42.9 Å². The van der Waals surface area contributed by atoms with E-state index in [9.17, 15) is 4.39 Å². The predicted molar refractivity (Wildman–Crippen MR) is 72.3 cm³/mol. The van der Waals surface area contributed by atoms with Crippen molar-refractivity contribution in [1.29, 1.82) is 0 Å². The second-order valence-electron chi connectivity index (χ2n) is 4.47. The molecule has 0 amide bonds. The molecule has 2 aromatic heterocycles. The zero-order valence-corrected chi connectivity index (χ0v) is 10.4. The van der Waals surface area contributed by atoms with Crippen molar-refractivity contribution in [2.75, 3.05) is 5.32 Å². The number of hydrogen-bond donors (Lipinski definition) is 2. The number of aromatic amines is 1. The van der Waals surface area contributed by atoms with Crippen LogP contribution in [0, 0.1) is 5.82 Å².